The third kappa shape index (κ3) is 1.83. The van der Waals surface area contributed by atoms with Crippen LogP contribution in [0.2, 0.25) is 5.02 Å². The van der Waals surface area contributed by atoms with E-state index in [1.54, 1.807) is 19.1 Å². The Morgan fingerprint density at radius 2 is 2.33 bits per heavy atom. The molecule has 1 N–H and O–H groups in total. The molecular weight excluding hydrogens is 214 g/mol. The van der Waals surface area contributed by atoms with Gasteiger partial charge in [-0.05, 0) is 25.1 Å². The van der Waals surface area contributed by atoms with Crippen molar-refractivity contribution in [2.75, 3.05) is 6.61 Å². The molecule has 0 radical (unpaired) electrons. The highest BCUT2D eigenvalue weighted by molar-refractivity contribution is 6.35. The fraction of sp³-hybridized carbons (Fsp3) is 0.182. The number of hydrogen-bond acceptors (Lipinski definition) is 2. The number of ether oxygens (including phenoxy) is 1. The van der Waals surface area contributed by atoms with Crippen molar-refractivity contribution in [3.8, 4) is 0 Å². The molecule has 0 unspecified atom stereocenters. The van der Waals surface area contributed by atoms with E-state index in [2.05, 4.69) is 4.98 Å². The topological polar surface area (TPSA) is 42.1 Å². The number of nitrogens with one attached hydrogen (secondary N) is 1. The smallest absolute Gasteiger partial charge is 0.354 e. The van der Waals surface area contributed by atoms with Gasteiger partial charge < -0.3 is 9.72 Å². The molecular formula is C11H10ClNO2. The Morgan fingerprint density at radius 1 is 1.53 bits per heavy atom. The number of carbonyl (C=O) groups is 1. The second-order valence-electron chi connectivity index (χ2n) is 3.10. The minimum absolute atomic E-state index is 0.357. The van der Waals surface area contributed by atoms with Crippen LogP contribution in [0.25, 0.3) is 10.9 Å². The molecule has 0 amide bonds. The van der Waals surface area contributed by atoms with Gasteiger partial charge in [-0.2, -0.15) is 0 Å². The lowest BCUT2D eigenvalue weighted by molar-refractivity contribution is 0.0520. The fourth-order valence-electron chi connectivity index (χ4n) is 1.44. The van der Waals surface area contributed by atoms with Crippen molar-refractivity contribution >= 4 is 28.5 Å². The predicted molar refractivity (Wildman–Crippen MR) is 59.3 cm³/mol. The summed E-state index contributed by atoms with van der Waals surface area (Å²) in [7, 11) is 0. The average molecular weight is 224 g/mol. The number of fused-ring (bicyclic) bond motifs is 1. The second-order valence-corrected chi connectivity index (χ2v) is 3.51. The van der Waals surface area contributed by atoms with E-state index in [4.69, 9.17) is 16.3 Å². The Morgan fingerprint density at radius 3 is 3.00 bits per heavy atom. The maximum Gasteiger partial charge on any atom is 0.354 e. The van der Waals surface area contributed by atoms with Crippen molar-refractivity contribution in [1.82, 2.24) is 4.98 Å². The van der Waals surface area contributed by atoms with Crippen molar-refractivity contribution in [1.29, 1.82) is 0 Å². The quantitative estimate of drug-likeness (QED) is 0.796. The van der Waals surface area contributed by atoms with E-state index in [-0.39, 0.29) is 5.97 Å². The van der Waals surface area contributed by atoms with E-state index in [0.717, 1.165) is 10.9 Å². The van der Waals surface area contributed by atoms with Crippen LogP contribution in [-0.4, -0.2) is 17.6 Å². The molecule has 3 nitrogen and oxygen atoms in total. The number of H-pyrrole nitrogens is 1. The molecule has 78 valence electrons. The molecule has 0 fully saturated rings. The predicted octanol–water partition coefficient (Wildman–Crippen LogP) is 3.00. The molecule has 2 rings (SSSR count). The molecule has 1 heterocycles. The number of hydrogen-bond donors (Lipinski definition) is 1. The van der Waals surface area contributed by atoms with Gasteiger partial charge >= 0.3 is 5.97 Å². The van der Waals surface area contributed by atoms with Crippen LogP contribution in [0.5, 0.6) is 0 Å². The van der Waals surface area contributed by atoms with E-state index < -0.39 is 0 Å². The van der Waals surface area contributed by atoms with E-state index in [9.17, 15) is 4.79 Å². The standard InChI is InChI=1S/C11H10ClNO2/c1-2-15-11(14)10-6-7-8(12)4-3-5-9(7)13-10/h3-6,13H,2H2,1H3. The van der Waals surface area contributed by atoms with E-state index >= 15 is 0 Å². The maximum absolute atomic E-state index is 11.4. The van der Waals surface area contributed by atoms with Gasteiger partial charge in [0.1, 0.15) is 5.69 Å². The largest absolute Gasteiger partial charge is 0.461 e. The minimum atomic E-state index is -0.357. The summed E-state index contributed by atoms with van der Waals surface area (Å²) in [5.74, 6) is -0.357. The van der Waals surface area contributed by atoms with Crippen LogP contribution in [0.1, 0.15) is 17.4 Å². The van der Waals surface area contributed by atoms with Crippen molar-refractivity contribution in [2.24, 2.45) is 0 Å². The third-order valence-electron chi connectivity index (χ3n) is 2.11. The summed E-state index contributed by atoms with van der Waals surface area (Å²) in [6.45, 7) is 2.13. The van der Waals surface area contributed by atoms with Gasteiger partial charge in [0, 0.05) is 15.9 Å². The highest BCUT2D eigenvalue weighted by Crippen LogP contribution is 2.24. The van der Waals surface area contributed by atoms with E-state index in [1.165, 1.54) is 0 Å². The first kappa shape index (κ1) is 10.1. The zero-order valence-corrected chi connectivity index (χ0v) is 8.97. The lowest BCUT2D eigenvalue weighted by atomic mass is 10.2. The highest BCUT2D eigenvalue weighted by Gasteiger charge is 2.11. The SMILES string of the molecule is CCOC(=O)c1cc2c(Cl)cccc2[nH]1. The first-order chi connectivity index (χ1) is 7.22. The van der Waals surface area contributed by atoms with E-state index in [1.807, 2.05) is 12.1 Å². The molecule has 0 atom stereocenters. The number of carbonyl (C=O) groups excluding carboxylic acids is 1. The summed E-state index contributed by atoms with van der Waals surface area (Å²) in [6.07, 6.45) is 0. The van der Waals surface area contributed by atoms with E-state index in [0.29, 0.717) is 17.3 Å². The van der Waals surface area contributed by atoms with Gasteiger partial charge in [-0.3, -0.25) is 0 Å². The number of aromatic nitrogens is 1. The zero-order chi connectivity index (χ0) is 10.8. The lowest BCUT2D eigenvalue weighted by Crippen LogP contribution is -2.04. The number of benzene rings is 1. The molecule has 0 aliphatic carbocycles. The van der Waals surface area contributed by atoms with Gasteiger partial charge in [0.15, 0.2) is 0 Å². The molecule has 0 saturated heterocycles. The normalized spacial score (nSPS) is 10.5. The van der Waals surface area contributed by atoms with Crippen molar-refractivity contribution in [3.05, 3.63) is 35.0 Å². The molecule has 1 aromatic heterocycles. The van der Waals surface area contributed by atoms with Crippen LogP contribution in [-0.2, 0) is 4.74 Å². The summed E-state index contributed by atoms with van der Waals surface area (Å²) >= 11 is 5.98. The summed E-state index contributed by atoms with van der Waals surface area (Å²) in [5.41, 5.74) is 1.27. The number of rotatable bonds is 2. The van der Waals surface area contributed by atoms with Crippen LogP contribution in [0.3, 0.4) is 0 Å². The second kappa shape index (κ2) is 3.95. The lowest BCUT2D eigenvalue weighted by Gasteiger charge is -1.96. The number of halogens is 1. The van der Waals surface area contributed by atoms with Crippen LogP contribution in [0, 0.1) is 0 Å². The molecule has 0 bridgehead atoms. The molecule has 15 heavy (non-hydrogen) atoms. The van der Waals surface area contributed by atoms with Crippen molar-refractivity contribution in [3.63, 3.8) is 0 Å². The highest BCUT2D eigenvalue weighted by atomic mass is 35.5. The third-order valence-corrected chi connectivity index (χ3v) is 2.44. The molecule has 0 spiro atoms. The summed E-state index contributed by atoms with van der Waals surface area (Å²) < 4.78 is 4.88. The van der Waals surface area contributed by atoms with Gasteiger partial charge in [0.25, 0.3) is 0 Å². The molecule has 4 heteroatoms. The summed E-state index contributed by atoms with van der Waals surface area (Å²) in [4.78, 5) is 14.4. The molecule has 0 aliphatic heterocycles. The number of esters is 1. The van der Waals surface area contributed by atoms with Crippen LogP contribution in [0.4, 0.5) is 0 Å². The first-order valence-electron chi connectivity index (χ1n) is 4.66. The van der Waals surface area contributed by atoms with Gasteiger partial charge in [0.2, 0.25) is 0 Å². The summed E-state index contributed by atoms with van der Waals surface area (Å²) in [5, 5.41) is 1.46. The molecule has 0 saturated carbocycles. The van der Waals surface area contributed by atoms with Crippen molar-refractivity contribution < 1.29 is 9.53 Å². The van der Waals surface area contributed by atoms with Crippen LogP contribution in [0.15, 0.2) is 24.3 Å². The maximum atomic E-state index is 11.4. The average Bonchev–Trinajstić information content (AvgIpc) is 2.63. The fourth-order valence-corrected chi connectivity index (χ4v) is 1.67. The molecule has 1 aromatic carbocycles. The van der Waals surface area contributed by atoms with Gasteiger partial charge in [0.05, 0.1) is 6.61 Å². The van der Waals surface area contributed by atoms with Gasteiger partial charge in [-0.1, -0.05) is 17.7 Å². The van der Waals surface area contributed by atoms with Gasteiger partial charge in [-0.15, -0.1) is 0 Å². The van der Waals surface area contributed by atoms with Crippen LogP contribution >= 0.6 is 11.6 Å². The Bertz CT molecular complexity index is 504. The first-order valence-corrected chi connectivity index (χ1v) is 5.04. The Kier molecular flexibility index (Phi) is 2.64. The Hall–Kier alpha value is -1.48. The molecule has 2 aromatic rings. The Balaban J connectivity index is 2.47. The zero-order valence-electron chi connectivity index (χ0n) is 8.21. The van der Waals surface area contributed by atoms with Crippen LogP contribution < -0.4 is 0 Å². The number of aromatic amines is 1. The monoisotopic (exact) mass is 223 g/mol. The Labute approximate surface area is 92.0 Å². The van der Waals surface area contributed by atoms with Gasteiger partial charge in [-0.25, -0.2) is 4.79 Å². The minimum Gasteiger partial charge on any atom is -0.461 e. The summed E-state index contributed by atoms with van der Waals surface area (Å²) in [6, 6.07) is 7.18. The van der Waals surface area contributed by atoms with Crippen molar-refractivity contribution in [2.45, 2.75) is 6.92 Å². The molecule has 0 aliphatic rings.